The van der Waals surface area contributed by atoms with Gasteiger partial charge < -0.3 is 15.3 Å². The van der Waals surface area contributed by atoms with Crippen LogP contribution in [0.25, 0.3) is 10.9 Å². The first kappa shape index (κ1) is 23.4. The number of aliphatic carboxylic acids is 1. The third-order valence-electron chi connectivity index (χ3n) is 5.29. The number of carboxylic acid groups (broad SMARTS) is 1. The number of piperidine rings is 1. The summed E-state index contributed by atoms with van der Waals surface area (Å²) in [6, 6.07) is 1.46. The number of hydrogen-bond acceptors (Lipinski definition) is 5. The fourth-order valence-corrected chi connectivity index (χ4v) is 3.73. The number of fused-ring (bicyclic) bond motifs is 1. The predicted octanol–water partition coefficient (Wildman–Crippen LogP) is 3.36. The molecule has 0 bridgehead atoms. The second-order valence-corrected chi connectivity index (χ2v) is 7.52. The van der Waals surface area contributed by atoms with Gasteiger partial charge in [0.1, 0.15) is 12.7 Å². The topological polar surface area (TPSA) is 99.6 Å². The summed E-state index contributed by atoms with van der Waals surface area (Å²) < 4.78 is 52.2. The van der Waals surface area contributed by atoms with Crippen LogP contribution < -0.4 is 10.2 Å². The Bertz CT molecular complexity index is 1040. The maximum absolute atomic E-state index is 13.1. The fraction of sp³-hybridized carbons (Fsp3) is 0.429. The Labute approximate surface area is 180 Å². The molecule has 1 fully saturated rings. The van der Waals surface area contributed by atoms with Gasteiger partial charge in [-0.3, -0.25) is 19.4 Å². The molecule has 32 heavy (non-hydrogen) atoms. The zero-order valence-electron chi connectivity index (χ0n) is 16.9. The Morgan fingerprint density at radius 3 is 2.44 bits per heavy atom. The number of amides is 1. The molecule has 1 atom stereocenters. The van der Waals surface area contributed by atoms with Crippen molar-refractivity contribution in [3.05, 3.63) is 35.5 Å². The Hall–Kier alpha value is -3.24. The number of aromatic nitrogens is 1. The molecule has 1 saturated heterocycles. The first-order valence-corrected chi connectivity index (χ1v) is 9.98. The van der Waals surface area contributed by atoms with Crippen LogP contribution in [0.3, 0.4) is 0 Å². The number of ketones is 1. The molecule has 0 radical (unpaired) electrons. The number of nitrogens with one attached hydrogen (secondary N) is 1. The Balaban J connectivity index is 2.07. The molecule has 1 amide bonds. The maximum atomic E-state index is 13.1. The zero-order valence-corrected chi connectivity index (χ0v) is 16.9. The number of anilines is 1. The maximum Gasteiger partial charge on any atom is 0.416 e. The van der Waals surface area contributed by atoms with Crippen LogP contribution in [0.1, 0.15) is 41.6 Å². The molecule has 0 saturated carbocycles. The van der Waals surface area contributed by atoms with Crippen molar-refractivity contribution in [2.45, 2.75) is 37.9 Å². The summed E-state index contributed by atoms with van der Waals surface area (Å²) in [6.07, 6.45) is -1.68. The van der Waals surface area contributed by atoms with Crippen LogP contribution in [0.4, 0.5) is 23.2 Å². The summed E-state index contributed by atoms with van der Waals surface area (Å²) in [6.45, 7) is -0.335. The van der Waals surface area contributed by atoms with E-state index >= 15 is 0 Å². The summed E-state index contributed by atoms with van der Waals surface area (Å²) in [5.74, 6) is -3.35. The number of hydrogen-bond donors (Lipinski definition) is 2. The van der Waals surface area contributed by atoms with Crippen molar-refractivity contribution in [3.63, 3.8) is 0 Å². The quantitative estimate of drug-likeness (QED) is 0.622. The molecule has 2 aromatic rings. The monoisotopic (exact) mass is 455 g/mol. The van der Waals surface area contributed by atoms with Crippen LogP contribution in [-0.4, -0.2) is 53.6 Å². The molecule has 1 unspecified atom stereocenters. The zero-order chi connectivity index (χ0) is 23.5. The highest BCUT2D eigenvalue weighted by Gasteiger charge is 2.32. The molecule has 3 rings (SSSR count). The van der Waals surface area contributed by atoms with E-state index in [1.165, 1.54) is 6.07 Å². The highest BCUT2D eigenvalue weighted by Crippen LogP contribution is 2.36. The number of carbonyl (C=O) groups is 3. The minimum atomic E-state index is -4.56. The third-order valence-corrected chi connectivity index (χ3v) is 5.29. The van der Waals surface area contributed by atoms with Crippen LogP contribution in [0.2, 0.25) is 0 Å². The van der Waals surface area contributed by atoms with E-state index < -0.39 is 48.5 Å². The van der Waals surface area contributed by atoms with Gasteiger partial charge in [-0.05, 0) is 31.4 Å². The Morgan fingerprint density at radius 2 is 1.84 bits per heavy atom. The number of carboxylic acids is 1. The Morgan fingerprint density at radius 1 is 1.16 bits per heavy atom. The summed E-state index contributed by atoms with van der Waals surface area (Å²) in [7, 11) is 0. The SMILES string of the molecule is O=C(O)CC(NC(=O)c1cnc2cc(C(F)(F)F)ccc2c1N1CCCCC1)C(=O)CF. The minimum absolute atomic E-state index is 0.0267. The van der Waals surface area contributed by atoms with E-state index in [0.717, 1.165) is 37.6 Å². The van der Waals surface area contributed by atoms with E-state index in [4.69, 9.17) is 5.11 Å². The van der Waals surface area contributed by atoms with Gasteiger partial charge in [-0.25, -0.2) is 4.39 Å². The van der Waals surface area contributed by atoms with Gasteiger partial charge in [0.15, 0.2) is 5.78 Å². The van der Waals surface area contributed by atoms with Gasteiger partial charge in [-0.1, -0.05) is 6.07 Å². The van der Waals surface area contributed by atoms with Gasteiger partial charge >= 0.3 is 12.1 Å². The van der Waals surface area contributed by atoms with Gasteiger partial charge in [0.25, 0.3) is 5.91 Å². The lowest BCUT2D eigenvalue weighted by molar-refractivity contribution is -0.139. The molecule has 2 heterocycles. The standard InChI is InChI=1S/C21H21F4N3O4/c22-10-17(29)16(9-18(30)31)27-20(32)14-11-26-15-8-12(21(23,24)25)4-5-13(15)19(14)28-6-2-1-3-7-28/h4-5,8,11,16H,1-3,6-7,9-10H2,(H,27,32)(H,30,31). The van der Waals surface area contributed by atoms with Crippen molar-refractivity contribution in [1.82, 2.24) is 10.3 Å². The largest absolute Gasteiger partial charge is 0.481 e. The number of halogens is 4. The van der Waals surface area contributed by atoms with Gasteiger partial charge in [0.05, 0.1) is 28.8 Å². The highest BCUT2D eigenvalue weighted by molar-refractivity contribution is 6.09. The van der Waals surface area contributed by atoms with E-state index in [9.17, 15) is 31.9 Å². The van der Waals surface area contributed by atoms with Crippen molar-refractivity contribution in [3.8, 4) is 0 Å². The van der Waals surface area contributed by atoms with E-state index in [1.54, 1.807) is 0 Å². The molecule has 7 nitrogen and oxygen atoms in total. The molecule has 11 heteroatoms. The molecule has 0 aliphatic carbocycles. The summed E-state index contributed by atoms with van der Waals surface area (Å²) >= 11 is 0. The summed E-state index contributed by atoms with van der Waals surface area (Å²) in [4.78, 5) is 41.6. The van der Waals surface area contributed by atoms with Crippen molar-refractivity contribution < 1.29 is 37.1 Å². The molecule has 1 aromatic carbocycles. The minimum Gasteiger partial charge on any atom is -0.481 e. The average molecular weight is 455 g/mol. The van der Waals surface area contributed by atoms with Crippen LogP contribution in [0, 0.1) is 0 Å². The summed E-state index contributed by atoms with van der Waals surface area (Å²) in [5, 5.41) is 11.5. The number of benzene rings is 1. The van der Waals surface area contributed by atoms with E-state index in [1.807, 2.05) is 4.90 Å². The van der Waals surface area contributed by atoms with Crippen LogP contribution in [0.5, 0.6) is 0 Å². The van der Waals surface area contributed by atoms with Gasteiger partial charge in [0, 0.05) is 24.7 Å². The van der Waals surface area contributed by atoms with Crippen molar-refractivity contribution in [2.75, 3.05) is 24.7 Å². The second-order valence-electron chi connectivity index (χ2n) is 7.52. The normalized spacial score (nSPS) is 15.4. The lowest BCUT2D eigenvalue weighted by atomic mass is 10.0. The third kappa shape index (κ3) is 5.14. The van der Waals surface area contributed by atoms with E-state index in [-0.39, 0.29) is 11.1 Å². The Kier molecular flexibility index (Phi) is 6.95. The highest BCUT2D eigenvalue weighted by atomic mass is 19.4. The van der Waals surface area contributed by atoms with E-state index in [0.29, 0.717) is 24.2 Å². The average Bonchev–Trinajstić information content (AvgIpc) is 2.76. The molecular formula is C21H21F4N3O4. The first-order chi connectivity index (χ1) is 15.1. The molecule has 2 N–H and O–H groups in total. The molecule has 1 aliphatic rings. The second kappa shape index (κ2) is 9.49. The lowest BCUT2D eigenvalue weighted by Gasteiger charge is -2.31. The van der Waals surface area contributed by atoms with E-state index in [2.05, 4.69) is 10.3 Å². The first-order valence-electron chi connectivity index (χ1n) is 9.98. The number of alkyl halides is 4. The summed E-state index contributed by atoms with van der Waals surface area (Å²) in [5.41, 5.74) is -0.517. The van der Waals surface area contributed by atoms with Gasteiger partial charge in [-0.2, -0.15) is 13.2 Å². The molecule has 0 spiro atoms. The smallest absolute Gasteiger partial charge is 0.416 e. The number of carbonyl (C=O) groups excluding carboxylic acids is 2. The van der Waals surface area contributed by atoms with Gasteiger partial charge in [0.2, 0.25) is 0 Å². The van der Waals surface area contributed by atoms with Crippen LogP contribution in [-0.2, 0) is 15.8 Å². The predicted molar refractivity (Wildman–Crippen MR) is 107 cm³/mol. The van der Waals surface area contributed by atoms with Gasteiger partial charge in [-0.15, -0.1) is 0 Å². The number of pyridine rings is 1. The fourth-order valence-electron chi connectivity index (χ4n) is 3.73. The number of nitrogens with zero attached hydrogens (tertiary/aromatic N) is 2. The molecular weight excluding hydrogens is 434 g/mol. The van der Waals surface area contributed by atoms with Crippen molar-refractivity contribution in [2.24, 2.45) is 0 Å². The number of Topliss-reactive ketones (excluding diaryl/α,β-unsaturated/α-hetero) is 1. The van der Waals surface area contributed by atoms with Crippen molar-refractivity contribution in [1.29, 1.82) is 0 Å². The number of rotatable bonds is 7. The molecule has 172 valence electrons. The lowest BCUT2D eigenvalue weighted by Crippen LogP contribution is -2.43. The van der Waals surface area contributed by atoms with Crippen LogP contribution >= 0.6 is 0 Å². The molecule has 1 aromatic heterocycles. The van der Waals surface area contributed by atoms with Crippen molar-refractivity contribution >= 4 is 34.3 Å². The van der Waals surface area contributed by atoms with Crippen LogP contribution in [0.15, 0.2) is 24.4 Å². The molecule has 1 aliphatic heterocycles.